The number of carboxylic acid groups (broad SMARTS) is 1. The number of anilines is 2. The molecule has 0 fully saturated rings. The fourth-order valence-electron chi connectivity index (χ4n) is 4.75. The van der Waals surface area contributed by atoms with Gasteiger partial charge < -0.3 is 40.4 Å². The number of nitrogens with zero attached hydrogens (tertiary/aromatic N) is 1. The monoisotopic (exact) mass is 700 g/mol. The molecular weight excluding hydrogens is 652 g/mol. The standard InChI is InChI=1S/C22H28N2O5.C17H20N2O3/c1-14-7-10-18(28-6)13-19(14)29-17-11-8-16(9-12-17)23-20(25)15(2)24(21(26)27)22(3,4)5;1-11-4-7-15(21-3)10-16(11)22-14-8-5-13(6-9-14)19-17(20)12(2)18/h7-13,15H,1-6H3,(H,23,25)(H,26,27);4-10,12H,18H2,1-3H3,(H,19,20)/t15-;12-/m11/s1. The van der Waals surface area contributed by atoms with E-state index in [0.717, 1.165) is 27.5 Å². The second-order valence-electron chi connectivity index (χ2n) is 12.8. The molecule has 0 saturated heterocycles. The van der Waals surface area contributed by atoms with Crippen molar-refractivity contribution in [3.05, 3.63) is 96.1 Å². The number of hydrogen-bond donors (Lipinski definition) is 4. The first kappa shape index (κ1) is 39.7. The Hall–Kier alpha value is -5.75. The van der Waals surface area contributed by atoms with Crippen molar-refractivity contribution in [2.24, 2.45) is 5.73 Å². The van der Waals surface area contributed by atoms with Crippen molar-refractivity contribution >= 4 is 29.3 Å². The summed E-state index contributed by atoms with van der Waals surface area (Å²) in [6, 6.07) is 23.8. The summed E-state index contributed by atoms with van der Waals surface area (Å²) in [5.74, 6) is 3.50. The average molecular weight is 701 g/mol. The number of ether oxygens (including phenoxy) is 4. The van der Waals surface area contributed by atoms with Gasteiger partial charge in [-0.15, -0.1) is 0 Å². The van der Waals surface area contributed by atoms with Gasteiger partial charge in [0.15, 0.2) is 0 Å². The highest BCUT2D eigenvalue weighted by Crippen LogP contribution is 2.31. The van der Waals surface area contributed by atoms with Gasteiger partial charge in [0.1, 0.15) is 40.5 Å². The first-order valence-corrected chi connectivity index (χ1v) is 16.3. The van der Waals surface area contributed by atoms with Gasteiger partial charge in [-0.25, -0.2) is 4.79 Å². The highest BCUT2D eigenvalue weighted by molar-refractivity contribution is 5.96. The van der Waals surface area contributed by atoms with Crippen molar-refractivity contribution in [3.8, 4) is 34.5 Å². The molecule has 2 atom stereocenters. The third-order valence-electron chi connectivity index (χ3n) is 7.60. The number of carbonyl (C=O) groups excluding carboxylic acids is 2. The van der Waals surface area contributed by atoms with E-state index < -0.39 is 29.6 Å². The van der Waals surface area contributed by atoms with Crippen molar-refractivity contribution in [1.29, 1.82) is 0 Å². The predicted octanol–water partition coefficient (Wildman–Crippen LogP) is 7.98. The number of nitrogens with two attached hydrogens (primary N) is 1. The molecule has 5 N–H and O–H groups in total. The number of aryl methyl sites for hydroxylation is 2. The minimum atomic E-state index is -1.14. The number of hydrogen-bond acceptors (Lipinski definition) is 8. The third kappa shape index (κ3) is 11.7. The van der Waals surface area contributed by atoms with Crippen molar-refractivity contribution in [2.75, 3.05) is 24.9 Å². The maximum absolute atomic E-state index is 12.5. The molecule has 0 aliphatic rings. The molecule has 0 aliphatic heterocycles. The summed E-state index contributed by atoms with van der Waals surface area (Å²) in [7, 11) is 3.21. The van der Waals surface area contributed by atoms with Crippen LogP contribution in [0.1, 0.15) is 45.7 Å². The van der Waals surface area contributed by atoms with Gasteiger partial charge in [0.25, 0.3) is 0 Å². The van der Waals surface area contributed by atoms with Gasteiger partial charge in [0, 0.05) is 29.0 Å². The number of methoxy groups -OCH3 is 2. The Balaban J connectivity index is 0.000000286. The maximum atomic E-state index is 12.5. The van der Waals surface area contributed by atoms with Crippen LogP contribution in [-0.4, -0.2) is 59.8 Å². The molecule has 4 rings (SSSR count). The summed E-state index contributed by atoms with van der Waals surface area (Å²) in [4.78, 5) is 36.7. The zero-order valence-electron chi connectivity index (χ0n) is 30.6. The van der Waals surface area contributed by atoms with Crippen LogP contribution in [0.15, 0.2) is 84.9 Å². The highest BCUT2D eigenvalue weighted by Gasteiger charge is 2.34. The minimum Gasteiger partial charge on any atom is -0.497 e. The van der Waals surface area contributed by atoms with Crippen LogP contribution >= 0.6 is 0 Å². The average Bonchev–Trinajstić information content (AvgIpc) is 3.07. The maximum Gasteiger partial charge on any atom is 0.408 e. The summed E-state index contributed by atoms with van der Waals surface area (Å²) >= 11 is 0. The van der Waals surface area contributed by atoms with Gasteiger partial charge in [-0.2, -0.15) is 0 Å². The van der Waals surface area contributed by atoms with Crippen LogP contribution in [0.25, 0.3) is 0 Å². The third-order valence-corrected chi connectivity index (χ3v) is 7.60. The zero-order valence-corrected chi connectivity index (χ0v) is 30.6. The Labute approximate surface area is 299 Å². The molecule has 272 valence electrons. The fraction of sp³-hybridized carbons (Fsp3) is 0.308. The Morgan fingerprint density at radius 2 is 1.04 bits per heavy atom. The lowest BCUT2D eigenvalue weighted by atomic mass is 10.0. The number of nitrogens with one attached hydrogen (secondary N) is 2. The first-order valence-electron chi connectivity index (χ1n) is 16.3. The van der Waals surface area contributed by atoms with Crippen LogP contribution in [0.3, 0.4) is 0 Å². The number of benzene rings is 4. The topological polar surface area (TPSA) is 162 Å². The summed E-state index contributed by atoms with van der Waals surface area (Å²) in [5.41, 5.74) is 8.02. The zero-order chi connectivity index (χ0) is 37.9. The molecule has 0 heterocycles. The Morgan fingerprint density at radius 3 is 1.37 bits per heavy atom. The second kappa shape index (κ2) is 17.8. The Morgan fingerprint density at radius 1 is 0.667 bits per heavy atom. The normalized spacial score (nSPS) is 11.9. The Bertz CT molecular complexity index is 1780. The smallest absolute Gasteiger partial charge is 0.408 e. The molecule has 0 radical (unpaired) electrons. The van der Waals surface area contributed by atoms with Gasteiger partial charge in [0.2, 0.25) is 11.8 Å². The van der Waals surface area contributed by atoms with E-state index in [1.54, 1.807) is 103 Å². The largest absolute Gasteiger partial charge is 0.497 e. The first-order chi connectivity index (χ1) is 24.0. The van der Waals surface area contributed by atoms with Crippen molar-refractivity contribution in [1.82, 2.24) is 4.90 Å². The van der Waals surface area contributed by atoms with E-state index in [-0.39, 0.29) is 5.91 Å². The van der Waals surface area contributed by atoms with Crippen molar-refractivity contribution in [3.63, 3.8) is 0 Å². The van der Waals surface area contributed by atoms with Crippen LogP contribution in [-0.2, 0) is 9.59 Å². The molecular formula is C39H48N4O8. The Kier molecular flexibility index (Phi) is 13.8. The molecule has 0 aliphatic carbocycles. The molecule has 0 saturated carbocycles. The van der Waals surface area contributed by atoms with Gasteiger partial charge in [0.05, 0.1) is 20.3 Å². The van der Waals surface area contributed by atoms with Crippen molar-refractivity contribution < 1.29 is 38.4 Å². The van der Waals surface area contributed by atoms with Crippen LogP contribution in [0.2, 0.25) is 0 Å². The van der Waals surface area contributed by atoms with Crippen LogP contribution in [0.4, 0.5) is 16.2 Å². The molecule has 0 aromatic heterocycles. The van der Waals surface area contributed by atoms with Gasteiger partial charge in [-0.1, -0.05) is 12.1 Å². The lowest BCUT2D eigenvalue weighted by Gasteiger charge is -2.37. The molecule has 0 unspecified atom stereocenters. The predicted molar refractivity (Wildman–Crippen MR) is 198 cm³/mol. The number of carbonyl (C=O) groups is 3. The molecule has 51 heavy (non-hydrogen) atoms. The molecule has 0 bridgehead atoms. The molecule has 4 aromatic carbocycles. The SMILES string of the molecule is COc1ccc(C)c(Oc2ccc(NC(=O)[C@@H](C)N(C(=O)O)C(C)(C)C)cc2)c1.COc1ccc(C)c(Oc2ccc(NC(=O)[C@@H](C)N)cc2)c1. The molecule has 0 spiro atoms. The van der Waals surface area contributed by atoms with E-state index in [9.17, 15) is 19.5 Å². The lowest BCUT2D eigenvalue weighted by molar-refractivity contribution is -0.121. The van der Waals surface area contributed by atoms with Crippen molar-refractivity contribution in [2.45, 2.75) is 66.1 Å². The van der Waals surface area contributed by atoms with E-state index in [1.807, 2.05) is 44.2 Å². The van der Waals surface area contributed by atoms with Gasteiger partial charge in [-0.05, 0) is 120 Å². The van der Waals surface area contributed by atoms with Gasteiger partial charge in [-0.3, -0.25) is 14.5 Å². The fourth-order valence-corrected chi connectivity index (χ4v) is 4.75. The van der Waals surface area contributed by atoms with Crippen LogP contribution in [0.5, 0.6) is 34.5 Å². The summed E-state index contributed by atoms with van der Waals surface area (Å²) < 4.78 is 22.1. The van der Waals surface area contributed by atoms with Gasteiger partial charge >= 0.3 is 6.09 Å². The second-order valence-corrected chi connectivity index (χ2v) is 12.8. The summed E-state index contributed by atoms with van der Waals surface area (Å²) in [5, 5.41) is 14.9. The van der Waals surface area contributed by atoms with Crippen LogP contribution < -0.4 is 35.3 Å². The summed E-state index contributed by atoms with van der Waals surface area (Å²) in [6.45, 7) is 12.4. The van der Waals surface area contributed by atoms with E-state index in [0.29, 0.717) is 34.4 Å². The molecule has 4 aromatic rings. The number of amides is 3. The van der Waals surface area contributed by atoms with E-state index in [4.69, 9.17) is 24.7 Å². The minimum absolute atomic E-state index is 0.225. The lowest BCUT2D eigenvalue weighted by Crippen LogP contribution is -2.54. The quantitative estimate of drug-likeness (QED) is 0.122. The highest BCUT2D eigenvalue weighted by atomic mass is 16.5. The van der Waals surface area contributed by atoms with E-state index in [1.165, 1.54) is 0 Å². The molecule has 12 heteroatoms. The van der Waals surface area contributed by atoms with Crippen LogP contribution in [0, 0.1) is 13.8 Å². The summed E-state index contributed by atoms with van der Waals surface area (Å²) in [6.07, 6.45) is -1.14. The molecule has 12 nitrogen and oxygen atoms in total. The number of rotatable bonds is 11. The van der Waals surface area contributed by atoms with E-state index in [2.05, 4.69) is 10.6 Å². The molecule has 3 amide bonds. The van der Waals surface area contributed by atoms with E-state index >= 15 is 0 Å².